The zero-order valence-electron chi connectivity index (χ0n) is 13.9. The van der Waals surface area contributed by atoms with E-state index in [0.717, 1.165) is 10.5 Å². The van der Waals surface area contributed by atoms with Crippen molar-refractivity contribution in [3.8, 4) is 0 Å². The van der Waals surface area contributed by atoms with E-state index in [9.17, 15) is 14.7 Å². The number of hydrogen-bond donors (Lipinski definition) is 1. The number of carbonyl (C=O) groups is 2. The maximum absolute atomic E-state index is 12.8. The summed E-state index contributed by atoms with van der Waals surface area (Å²) in [5.41, 5.74) is 1.56. The Morgan fingerprint density at radius 3 is 2.76 bits per heavy atom. The number of carbonyl (C=O) groups excluding carboxylic acids is 2. The van der Waals surface area contributed by atoms with Gasteiger partial charge in [0.1, 0.15) is 6.61 Å². The lowest BCUT2D eigenvalue weighted by Gasteiger charge is -2.25. The first-order valence-electron chi connectivity index (χ1n) is 8.19. The van der Waals surface area contributed by atoms with Crippen LogP contribution in [0.3, 0.4) is 0 Å². The molecule has 130 valence electrons. The summed E-state index contributed by atoms with van der Waals surface area (Å²) < 4.78 is 5.08. The fourth-order valence-corrected chi connectivity index (χ4v) is 2.96. The number of amides is 2. The molecule has 1 saturated heterocycles. The highest BCUT2D eigenvalue weighted by molar-refractivity contribution is 5.95. The molecule has 2 heterocycles. The molecule has 0 radical (unpaired) electrons. The van der Waals surface area contributed by atoms with Crippen LogP contribution in [0.4, 0.5) is 4.79 Å². The lowest BCUT2D eigenvalue weighted by Crippen LogP contribution is -2.44. The molecule has 2 amide bonds. The molecule has 6 heteroatoms. The molecule has 1 aromatic heterocycles. The van der Waals surface area contributed by atoms with Crippen molar-refractivity contribution >= 4 is 12.0 Å². The number of aliphatic hydroxyl groups is 1. The Hall–Kier alpha value is -2.73. The molecule has 1 fully saturated rings. The van der Waals surface area contributed by atoms with Crippen LogP contribution in [0, 0.1) is 5.92 Å². The molecule has 1 aliphatic rings. The van der Waals surface area contributed by atoms with Gasteiger partial charge in [0.2, 0.25) is 5.91 Å². The van der Waals surface area contributed by atoms with Crippen molar-refractivity contribution in [2.45, 2.75) is 25.5 Å². The van der Waals surface area contributed by atoms with Crippen LogP contribution in [-0.2, 0) is 16.0 Å². The van der Waals surface area contributed by atoms with E-state index in [0.29, 0.717) is 12.0 Å². The van der Waals surface area contributed by atoms with E-state index >= 15 is 0 Å². The number of pyridine rings is 1. The van der Waals surface area contributed by atoms with Gasteiger partial charge in [0.15, 0.2) is 0 Å². The second-order valence-corrected chi connectivity index (χ2v) is 6.15. The molecule has 1 N–H and O–H groups in total. The topological polar surface area (TPSA) is 79.7 Å². The van der Waals surface area contributed by atoms with Gasteiger partial charge in [-0.3, -0.25) is 9.78 Å². The first-order chi connectivity index (χ1) is 12.1. The number of cyclic esters (lactones) is 1. The molecule has 0 spiro atoms. The minimum absolute atomic E-state index is 0.162. The van der Waals surface area contributed by atoms with Gasteiger partial charge in [0.25, 0.3) is 0 Å². The quantitative estimate of drug-likeness (QED) is 0.904. The molecule has 0 bridgehead atoms. The first-order valence-corrected chi connectivity index (χ1v) is 8.19. The number of nitrogens with zero attached hydrogens (tertiary/aromatic N) is 2. The van der Waals surface area contributed by atoms with Crippen LogP contribution in [0.5, 0.6) is 0 Å². The molecular weight excluding hydrogens is 320 g/mol. The Morgan fingerprint density at radius 1 is 1.32 bits per heavy atom. The second-order valence-electron chi connectivity index (χ2n) is 6.15. The van der Waals surface area contributed by atoms with Crippen molar-refractivity contribution in [1.29, 1.82) is 0 Å². The van der Waals surface area contributed by atoms with Crippen molar-refractivity contribution in [3.05, 3.63) is 66.0 Å². The Kier molecular flexibility index (Phi) is 5.09. The number of rotatable bonds is 5. The number of benzene rings is 1. The van der Waals surface area contributed by atoms with Gasteiger partial charge in [-0.1, -0.05) is 43.3 Å². The van der Waals surface area contributed by atoms with Crippen LogP contribution in [-0.4, -0.2) is 39.6 Å². The summed E-state index contributed by atoms with van der Waals surface area (Å²) in [5, 5.41) is 10.4. The number of imide groups is 1. The Balaban J connectivity index is 1.75. The third kappa shape index (κ3) is 3.69. The van der Waals surface area contributed by atoms with Gasteiger partial charge in [-0.2, -0.15) is 0 Å². The van der Waals surface area contributed by atoms with E-state index < -0.39 is 24.0 Å². The van der Waals surface area contributed by atoms with E-state index in [1.165, 1.54) is 6.20 Å². The molecule has 6 nitrogen and oxygen atoms in total. The van der Waals surface area contributed by atoms with E-state index in [2.05, 4.69) is 4.98 Å². The highest BCUT2D eigenvalue weighted by Gasteiger charge is 2.41. The average Bonchev–Trinajstić information content (AvgIpc) is 3.01. The van der Waals surface area contributed by atoms with Gasteiger partial charge in [0, 0.05) is 12.4 Å². The summed E-state index contributed by atoms with van der Waals surface area (Å²) in [6.07, 6.45) is 1.94. The van der Waals surface area contributed by atoms with E-state index in [1.807, 2.05) is 30.3 Å². The molecule has 0 aliphatic carbocycles. The van der Waals surface area contributed by atoms with Crippen molar-refractivity contribution in [2.24, 2.45) is 5.92 Å². The van der Waals surface area contributed by atoms with Crippen molar-refractivity contribution in [3.63, 3.8) is 0 Å². The molecule has 25 heavy (non-hydrogen) atoms. The van der Waals surface area contributed by atoms with Crippen LogP contribution in [0.1, 0.15) is 24.2 Å². The molecule has 0 unspecified atom stereocenters. The largest absolute Gasteiger partial charge is 0.447 e. The molecular formula is C19H20N2O4. The van der Waals surface area contributed by atoms with E-state index in [1.54, 1.807) is 25.3 Å². The van der Waals surface area contributed by atoms with E-state index in [-0.39, 0.29) is 12.6 Å². The van der Waals surface area contributed by atoms with Crippen LogP contribution < -0.4 is 0 Å². The molecule has 3 atom stereocenters. The summed E-state index contributed by atoms with van der Waals surface area (Å²) in [6.45, 7) is 1.76. The third-order valence-corrected chi connectivity index (χ3v) is 4.40. The summed E-state index contributed by atoms with van der Waals surface area (Å²) in [6, 6.07) is 12.6. The number of aliphatic hydroxyl groups excluding tert-OH is 1. The smallest absolute Gasteiger partial charge is 0.416 e. The van der Waals surface area contributed by atoms with Gasteiger partial charge in [-0.25, -0.2) is 9.69 Å². The monoisotopic (exact) mass is 340 g/mol. The van der Waals surface area contributed by atoms with Crippen molar-refractivity contribution < 1.29 is 19.4 Å². The zero-order valence-corrected chi connectivity index (χ0v) is 13.9. The average molecular weight is 340 g/mol. The summed E-state index contributed by atoms with van der Waals surface area (Å²) >= 11 is 0. The van der Waals surface area contributed by atoms with Crippen LogP contribution >= 0.6 is 0 Å². The van der Waals surface area contributed by atoms with Gasteiger partial charge < -0.3 is 9.84 Å². The van der Waals surface area contributed by atoms with Crippen LogP contribution in [0.2, 0.25) is 0 Å². The summed E-state index contributed by atoms with van der Waals surface area (Å²) in [5.74, 6) is -1.23. The van der Waals surface area contributed by atoms with Crippen molar-refractivity contribution in [1.82, 2.24) is 9.88 Å². The minimum atomic E-state index is -1.04. The predicted molar refractivity (Wildman–Crippen MR) is 90.5 cm³/mol. The van der Waals surface area contributed by atoms with Gasteiger partial charge in [-0.15, -0.1) is 0 Å². The summed E-state index contributed by atoms with van der Waals surface area (Å²) in [7, 11) is 0. The lowest BCUT2D eigenvalue weighted by atomic mass is 9.96. The zero-order chi connectivity index (χ0) is 17.8. The predicted octanol–water partition coefficient (Wildman–Crippen LogP) is 2.34. The van der Waals surface area contributed by atoms with Crippen LogP contribution in [0.25, 0.3) is 0 Å². The minimum Gasteiger partial charge on any atom is -0.447 e. The number of hydrogen-bond acceptors (Lipinski definition) is 5. The second kappa shape index (κ2) is 7.44. The number of ether oxygens (including phenoxy) is 1. The van der Waals surface area contributed by atoms with Gasteiger partial charge in [-0.05, 0) is 23.6 Å². The third-order valence-electron chi connectivity index (χ3n) is 4.40. The van der Waals surface area contributed by atoms with Crippen LogP contribution in [0.15, 0.2) is 54.9 Å². The highest BCUT2D eigenvalue weighted by atomic mass is 16.6. The Bertz CT molecular complexity index is 736. The first kappa shape index (κ1) is 17.1. The normalized spacial score (nSPS) is 19.4. The Labute approximate surface area is 146 Å². The maximum atomic E-state index is 12.8. The number of aromatic nitrogens is 1. The fourth-order valence-electron chi connectivity index (χ4n) is 2.96. The molecule has 1 aliphatic heterocycles. The lowest BCUT2D eigenvalue weighted by molar-refractivity contribution is -0.136. The SMILES string of the molecule is C[C@H](C(=O)N1C(=O)OC[C@@H]1Cc1ccccc1)[C@@H](O)c1cccnc1. The molecule has 3 rings (SSSR count). The van der Waals surface area contributed by atoms with E-state index in [4.69, 9.17) is 4.74 Å². The Morgan fingerprint density at radius 2 is 2.08 bits per heavy atom. The highest BCUT2D eigenvalue weighted by Crippen LogP contribution is 2.26. The summed E-state index contributed by atoms with van der Waals surface area (Å²) in [4.78, 5) is 30.0. The fraction of sp³-hybridized carbons (Fsp3) is 0.316. The van der Waals surface area contributed by atoms with Gasteiger partial charge >= 0.3 is 6.09 Å². The van der Waals surface area contributed by atoms with Crippen molar-refractivity contribution in [2.75, 3.05) is 6.61 Å². The standard InChI is InChI=1S/C19H20N2O4/c1-13(17(22)15-8-5-9-20-11-15)18(23)21-16(12-25-19(21)24)10-14-6-3-2-4-7-14/h2-9,11,13,16-17,22H,10,12H2,1H3/t13-,16-,17+/m0/s1. The molecule has 2 aromatic rings. The van der Waals surface area contributed by atoms with Gasteiger partial charge in [0.05, 0.1) is 18.1 Å². The maximum Gasteiger partial charge on any atom is 0.416 e. The molecule has 1 aromatic carbocycles. The molecule has 0 saturated carbocycles.